The minimum Gasteiger partial charge on any atom is -0.326 e. The Hall–Kier alpha value is -1.75. The molecule has 0 aliphatic carbocycles. The lowest BCUT2D eigenvalue weighted by Crippen LogP contribution is -2.12. The van der Waals surface area contributed by atoms with Gasteiger partial charge in [0.1, 0.15) is 0 Å². The van der Waals surface area contributed by atoms with Crippen LogP contribution in [0.2, 0.25) is 0 Å². The average molecular weight is 215 g/mol. The second kappa shape index (κ2) is 5.97. The highest BCUT2D eigenvalue weighted by Gasteiger charge is 2.04. The zero-order valence-corrected chi connectivity index (χ0v) is 10.1. The Morgan fingerprint density at radius 1 is 1.38 bits per heavy atom. The van der Waals surface area contributed by atoms with Crippen molar-refractivity contribution in [3.05, 3.63) is 29.3 Å². The van der Waals surface area contributed by atoms with E-state index in [1.54, 1.807) is 6.92 Å². The number of aryl methyl sites for hydroxylation is 1. The maximum Gasteiger partial charge on any atom is 0.225 e. The molecule has 0 saturated carbocycles. The van der Waals surface area contributed by atoms with Gasteiger partial charge < -0.3 is 5.32 Å². The van der Waals surface area contributed by atoms with Crippen LogP contribution in [0.3, 0.4) is 0 Å². The predicted molar refractivity (Wildman–Crippen MR) is 67.2 cm³/mol. The van der Waals surface area contributed by atoms with Crippen LogP contribution in [0.5, 0.6) is 0 Å². The van der Waals surface area contributed by atoms with Crippen molar-refractivity contribution >= 4 is 11.6 Å². The maximum absolute atomic E-state index is 11.6. The van der Waals surface area contributed by atoms with Gasteiger partial charge >= 0.3 is 0 Å². The Morgan fingerprint density at radius 2 is 2.12 bits per heavy atom. The average Bonchev–Trinajstić information content (AvgIpc) is 2.25. The van der Waals surface area contributed by atoms with Crippen molar-refractivity contribution in [3.63, 3.8) is 0 Å². The zero-order valence-electron chi connectivity index (χ0n) is 10.1. The van der Waals surface area contributed by atoms with Crippen LogP contribution in [0, 0.1) is 25.7 Å². The molecule has 1 aromatic carbocycles. The summed E-state index contributed by atoms with van der Waals surface area (Å²) in [4.78, 5) is 11.6. The highest BCUT2D eigenvalue weighted by Crippen LogP contribution is 2.18. The summed E-state index contributed by atoms with van der Waals surface area (Å²) in [7, 11) is 0. The van der Waals surface area contributed by atoms with E-state index in [-0.39, 0.29) is 5.91 Å². The zero-order chi connectivity index (χ0) is 12.0. The van der Waals surface area contributed by atoms with Crippen molar-refractivity contribution in [3.8, 4) is 11.8 Å². The summed E-state index contributed by atoms with van der Waals surface area (Å²) in [6, 6.07) is 5.91. The number of amides is 1. The number of benzene rings is 1. The van der Waals surface area contributed by atoms with Crippen LogP contribution >= 0.6 is 0 Å². The van der Waals surface area contributed by atoms with Gasteiger partial charge in [-0.3, -0.25) is 4.79 Å². The molecule has 1 rings (SSSR count). The highest BCUT2D eigenvalue weighted by molar-refractivity contribution is 5.91. The molecule has 0 aliphatic heterocycles. The minimum atomic E-state index is 0.0245. The van der Waals surface area contributed by atoms with E-state index >= 15 is 0 Å². The lowest BCUT2D eigenvalue weighted by molar-refractivity contribution is -0.116. The molecule has 0 bridgehead atoms. The summed E-state index contributed by atoms with van der Waals surface area (Å²) in [6.45, 7) is 5.83. The Morgan fingerprint density at radius 3 is 2.81 bits per heavy atom. The first-order valence-corrected chi connectivity index (χ1v) is 5.41. The van der Waals surface area contributed by atoms with Gasteiger partial charge in [0, 0.05) is 18.5 Å². The second-order valence-corrected chi connectivity index (χ2v) is 3.72. The first-order valence-electron chi connectivity index (χ1n) is 5.41. The number of anilines is 1. The Balaban J connectivity index is 2.61. The number of hydrogen-bond donors (Lipinski definition) is 1. The summed E-state index contributed by atoms with van der Waals surface area (Å²) in [5.74, 6) is 5.68. The van der Waals surface area contributed by atoms with Gasteiger partial charge in [-0.15, -0.1) is 11.8 Å². The molecule has 0 aliphatic rings. The van der Waals surface area contributed by atoms with E-state index in [1.165, 1.54) is 5.56 Å². The van der Waals surface area contributed by atoms with Gasteiger partial charge in [0.15, 0.2) is 0 Å². The third-order valence-electron chi connectivity index (χ3n) is 2.53. The normalized spacial score (nSPS) is 9.19. The molecule has 16 heavy (non-hydrogen) atoms. The Kier molecular flexibility index (Phi) is 4.60. The fraction of sp³-hybridized carbons (Fsp3) is 0.357. The van der Waals surface area contributed by atoms with Crippen molar-refractivity contribution in [2.24, 2.45) is 0 Å². The number of rotatable bonds is 3. The number of hydrogen-bond acceptors (Lipinski definition) is 1. The Bertz CT molecular complexity index is 438. The van der Waals surface area contributed by atoms with E-state index < -0.39 is 0 Å². The molecular formula is C14H17NO. The van der Waals surface area contributed by atoms with Crippen LogP contribution in [0.1, 0.15) is 30.9 Å². The summed E-state index contributed by atoms with van der Waals surface area (Å²) in [5.41, 5.74) is 3.21. The monoisotopic (exact) mass is 215 g/mol. The van der Waals surface area contributed by atoms with Gasteiger partial charge in [0.2, 0.25) is 5.91 Å². The number of nitrogens with one attached hydrogen (secondary N) is 1. The quantitative estimate of drug-likeness (QED) is 0.771. The molecular weight excluding hydrogens is 198 g/mol. The minimum absolute atomic E-state index is 0.0245. The van der Waals surface area contributed by atoms with E-state index in [2.05, 4.69) is 17.2 Å². The van der Waals surface area contributed by atoms with Gasteiger partial charge in [-0.05, 0) is 38.0 Å². The largest absolute Gasteiger partial charge is 0.326 e. The first-order chi connectivity index (χ1) is 7.65. The number of carbonyl (C=O) groups excluding carboxylic acids is 1. The van der Waals surface area contributed by atoms with Crippen LogP contribution in [-0.2, 0) is 4.79 Å². The van der Waals surface area contributed by atoms with Crippen LogP contribution in [0.4, 0.5) is 5.69 Å². The van der Waals surface area contributed by atoms with Crippen LogP contribution in [0.15, 0.2) is 18.2 Å². The molecule has 2 heteroatoms. The molecule has 0 saturated heterocycles. The standard InChI is InChI=1S/C14H17NO/c1-4-5-6-10-14(16)15-13-9-7-8-11(2)12(13)3/h7-9H,6,10H2,1-3H3,(H,15,16). The van der Waals surface area contributed by atoms with Crippen molar-refractivity contribution in [1.29, 1.82) is 0 Å². The predicted octanol–water partition coefficient (Wildman–Crippen LogP) is 3.05. The fourth-order valence-electron chi connectivity index (χ4n) is 1.40. The Labute approximate surface area is 97.1 Å². The summed E-state index contributed by atoms with van der Waals surface area (Å²) >= 11 is 0. The van der Waals surface area contributed by atoms with Gasteiger partial charge in [-0.1, -0.05) is 12.1 Å². The topological polar surface area (TPSA) is 29.1 Å². The van der Waals surface area contributed by atoms with E-state index in [9.17, 15) is 4.79 Å². The van der Waals surface area contributed by atoms with Crippen molar-refractivity contribution in [2.45, 2.75) is 33.6 Å². The van der Waals surface area contributed by atoms with Gasteiger partial charge in [0.25, 0.3) is 0 Å². The SMILES string of the molecule is CC#CCCC(=O)Nc1cccc(C)c1C. The van der Waals surface area contributed by atoms with Crippen molar-refractivity contribution in [2.75, 3.05) is 5.32 Å². The van der Waals surface area contributed by atoms with E-state index in [0.29, 0.717) is 12.8 Å². The van der Waals surface area contributed by atoms with Crippen LogP contribution < -0.4 is 5.32 Å². The van der Waals surface area contributed by atoms with Crippen LogP contribution in [-0.4, -0.2) is 5.91 Å². The molecule has 84 valence electrons. The molecule has 0 aromatic heterocycles. The molecule has 0 unspecified atom stereocenters. The molecule has 1 aromatic rings. The van der Waals surface area contributed by atoms with Crippen molar-refractivity contribution in [1.82, 2.24) is 0 Å². The molecule has 2 nitrogen and oxygen atoms in total. The summed E-state index contributed by atoms with van der Waals surface area (Å²) in [6.07, 6.45) is 1.07. The molecule has 0 radical (unpaired) electrons. The van der Waals surface area contributed by atoms with Gasteiger partial charge in [-0.2, -0.15) is 0 Å². The van der Waals surface area contributed by atoms with E-state index in [0.717, 1.165) is 11.3 Å². The molecule has 0 fully saturated rings. The number of carbonyl (C=O) groups is 1. The molecule has 1 amide bonds. The molecule has 1 N–H and O–H groups in total. The van der Waals surface area contributed by atoms with Crippen LogP contribution in [0.25, 0.3) is 0 Å². The smallest absolute Gasteiger partial charge is 0.225 e. The lowest BCUT2D eigenvalue weighted by atomic mass is 10.1. The highest BCUT2D eigenvalue weighted by atomic mass is 16.1. The van der Waals surface area contributed by atoms with Gasteiger partial charge in [0.05, 0.1) is 0 Å². The third kappa shape index (κ3) is 3.43. The third-order valence-corrected chi connectivity index (χ3v) is 2.53. The maximum atomic E-state index is 11.6. The first kappa shape index (κ1) is 12.3. The molecule has 0 atom stereocenters. The molecule has 0 spiro atoms. The molecule has 0 heterocycles. The van der Waals surface area contributed by atoms with Gasteiger partial charge in [-0.25, -0.2) is 0 Å². The lowest BCUT2D eigenvalue weighted by Gasteiger charge is -2.09. The van der Waals surface area contributed by atoms with Crippen molar-refractivity contribution < 1.29 is 4.79 Å². The summed E-state index contributed by atoms with van der Waals surface area (Å²) < 4.78 is 0. The summed E-state index contributed by atoms with van der Waals surface area (Å²) in [5, 5.41) is 2.90. The van der Waals surface area contributed by atoms with E-state index in [1.807, 2.05) is 32.0 Å². The second-order valence-electron chi connectivity index (χ2n) is 3.72. The van der Waals surface area contributed by atoms with E-state index in [4.69, 9.17) is 0 Å². The fourth-order valence-corrected chi connectivity index (χ4v) is 1.40.